The summed E-state index contributed by atoms with van der Waals surface area (Å²) in [5.74, 6) is -1.53. The van der Waals surface area contributed by atoms with Crippen LogP contribution < -0.4 is 16.4 Å². The lowest BCUT2D eigenvalue weighted by molar-refractivity contribution is -0.139. The third kappa shape index (κ3) is 7.28. The molecule has 0 heterocycles. The number of rotatable bonds is 8. The fourth-order valence-electron chi connectivity index (χ4n) is 1.65. The van der Waals surface area contributed by atoms with Gasteiger partial charge >= 0.3 is 12.0 Å². The molecule has 0 fully saturated rings. The number of urea groups is 1. The summed E-state index contributed by atoms with van der Waals surface area (Å²) in [6, 6.07) is -1.68. The van der Waals surface area contributed by atoms with E-state index in [2.05, 4.69) is 10.6 Å². The van der Waals surface area contributed by atoms with Gasteiger partial charge in [0.1, 0.15) is 6.04 Å². The molecule has 0 saturated heterocycles. The summed E-state index contributed by atoms with van der Waals surface area (Å²) in [5.41, 5.74) is 4.95. The third-order valence-corrected chi connectivity index (χ3v) is 2.84. The van der Waals surface area contributed by atoms with Gasteiger partial charge in [-0.05, 0) is 18.8 Å². The van der Waals surface area contributed by atoms with Gasteiger partial charge in [0.25, 0.3) is 0 Å². The molecule has 0 aromatic rings. The van der Waals surface area contributed by atoms with Gasteiger partial charge in [0.15, 0.2) is 0 Å². The van der Waals surface area contributed by atoms with Gasteiger partial charge in [-0.25, -0.2) is 9.59 Å². The zero-order valence-electron chi connectivity index (χ0n) is 11.6. The molecule has 0 saturated carbocycles. The summed E-state index contributed by atoms with van der Waals surface area (Å²) >= 11 is 0. The largest absolute Gasteiger partial charge is 0.480 e. The van der Waals surface area contributed by atoms with E-state index in [-0.39, 0.29) is 24.8 Å². The van der Waals surface area contributed by atoms with Crippen LogP contribution in [0.2, 0.25) is 0 Å². The van der Waals surface area contributed by atoms with E-state index in [1.54, 1.807) is 0 Å². The molecule has 0 spiro atoms. The molecular formula is C12H23N3O4. The predicted molar refractivity (Wildman–Crippen MR) is 70.4 cm³/mol. The Balaban J connectivity index is 4.38. The van der Waals surface area contributed by atoms with Crippen molar-refractivity contribution in [2.24, 2.45) is 11.7 Å². The first-order chi connectivity index (χ1) is 8.77. The fourth-order valence-corrected chi connectivity index (χ4v) is 1.65. The van der Waals surface area contributed by atoms with E-state index in [4.69, 9.17) is 10.8 Å². The Hall–Kier alpha value is -1.79. The van der Waals surface area contributed by atoms with Crippen molar-refractivity contribution in [1.29, 1.82) is 0 Å². The van der Waals surface area contributed by atoms with E-state index in [1.165, 1.54) is 0 Å². The number of hydrogen-bond acceptors (Lipinski definition) is 3. The predicted octanol–water partition coefficient (Wildman–Crippen LogP) is 0.439. The normalized spacial score (nSPS) is 13.7. The molecule has 0 rings (SSSR count). The van der Waals surface area contributed by atoms with Crippen LogP contribution in [0.4, 0.5) is 4.79 Å². The lowest BCUT2D eigenvalue weighted by Crippen LogP contribution is -2.50. The van der Waals surface area contributed by atoms with Crippen molar-refractivity contribution in [3.63, 3.8) is 0 Å². The third-order valence-electron chi connectivity index (χ3n) is 2.84. The van der Waals surface area contributed by atoms with Crippen molar-refractivity contribution in [2.75, 3.05) is 0 Å². The number of nitrogens with two attached hydrogens (primary N) is 1. The van der Waals surface area contributed by atoms with Crippen molar-refractivity contribution in [3.05, 3.63) is 0 Å². The lowest BCUT2D eigenvalue weighted by atomic mass is 10.0. The number of amides is 3. The maximum atomic E-state index is 11.7. The van der Waals surface area contributed by atoms with Crippen LogP contribution in [0, 0.1) is 5.92 Å². The summed E-state index contributed by atoms with van der Waals surface area (Å²) in [7, 11) is 0. The van der Waals surface area contributed by atoms with Gasteiger partial charge in [0.05, 0.1) is 0 Å². The highest BCUT2D eigenvalue weighted by molar-refractivity contribution is 5.83. The molecule has 7 heteroatoms. The maximum Gasteiger partial charge on any atom is 0.326 e. The Bertz CT molecular complexity index is 331. The molecule has 110 valence electrons. The number of carboxylic acid groups (broad SMARTS) is 1. The van der Waals surface area contributed by atoms with Crippen LogP contribution >= 0.6 is 0 Å². The molecular weight excluding hydrogens is 250 g/mol. The van der Waals surface area contributed by atoms with E-state index in [1.807, 2.05) is 20.8 Å². The van der Waals surface area contributed by atoms with Crippen LogP contribution in [-0.2, 0) is 9.59 Å². The molecule has 2 atom stereocenters. The highest BCUT2D eigenvalue weighted by Gasteiger charge is 2.22. The van der Waals surface area contributed by atoms with E-state index in [0.717, 1.165) is 6.42 Å². The molecule has 0 bridgehead atoms. The number of aliphatic carboxylic acids is 1. The molecule has 3 amide bonds. The van der Waals surface area contributed by atoms with Gasteiger partial charge in [-0.3, -0.25) is 4.79 Å². The smallest absolute Gasteiger partial charge is 0.326 e. The zero-order chi connectivity index (χ0) is 15.0. The molecule has 0 aromatic heterocycles. The van der Waals surface area contributed by atoms with Crippen LogP contribution in [0.1, 0.15) is 40.0 Å². The Morgan fingerprint density at radius 3 is 2.16 bits per heavy atom. The standard InChI is InChI=1S/C12H23N3O4/c1-4-8(7(2)3)14-12(19)15-9(11(17)18)5-6-10(13)16/h7-9H,4-6H2,1-3H3,(H2,13,16)(H,17,18)(H2,14,15,19). The highest BCUT2D eigenvalue weighted by atomic mass is 16.4. The second kappa shape index (κ2) is 8.34. The molecule has 5 N–H and O–H groups in total. The molecule has 2 unspecified atom stereocenters. The number of carbonyl (C=O) groups excluding carboxylic acids is 2. The summed E-state index contributed by atoms with van der Waals surface area (Å²) < 4.78 is 0. The van der Waals surface area contributed by atoms with Crippen LogP contribution in [-0.4, -0.2) is 35.1 Å². The van der Waals surface area contributed by atoms with E-state index < -0.39 is 23.9 Å². The van der Waals surface area contributed by atoms with Crippen molar-refractivity contribution in [3.8, 4) is 0 Å². The minimum atomic E-state index is -1.19. The van der Waals surface area contributed by atoms with E-state index in [9.17, 15) is 14.4 Å². The van der Waals surface area contributed by atoms with Crippen LogP contribution in [0.3, 0.4) is 0 Å². The summed E-state index contributed by atoms with van der Waals surface area (Å²) in [6.07, 6.45) is 0.652. The Labute approximate surface area is 112 Å². The molecule has 7 nitrogen and oxygen atoms in total. The molecule has 0 aromatic carbocycles. The Kier molecular flexibility index (Phi) is 7.55. The molecule has 0 aliphatic rings. The average Bonchev–Trinajstić information content (AvgIpc) is 2.30. The number of primary amides is 1. The molecule has 0 aliphatic heterocycles. The quantitative estimate of drug-likeness (QED) is 0.512. The van der Waals surface area contributed by atoms with Gasteiger partial charge in [0, 0.05) is 12.5 Å². The molecule has 0 aliphatic carbocycles. The average molecular weight is 273 g/mol. The monoisotopic (exact) mass is 273 g/mol. The van der Waals surface area contributed by atoms with Crippen LogP contribution in [0.15, 0.2) is 0 Å². The first kappa shape index (κ1) is 17.2. The SMILES string of the molecule is CCC(NC(=O)NC(CCC(N)=O)C(=O)O)C(C)C. The maximum absolute atomic E-state index is 11.7. The van der Waals surface area contributed by atoms with Crippen molar-refractivity contribution in [2.45, 2.75) is 52.1 Å². The first-order valence-corrected chi connectivity index (χ1v) is 6.36. The summed E-state index contributed by atoms with van der Waals surface area (Å²) in [6.45, 7) is 5.87. The van der Waals surface area contributed by atoms with Crippen LogP contribution in [0.5, 0.6) is 0 Å². The van der Waals surface area contributed by atoms with Crippen LogP contribution in [0.25, 0.3) is 0 Å². The van der Waals surface area contributed by atoms with Gasteiger partial charge in [-0.1, -0.05) is 20.8 Å². The number of hydrogen-bond donors (Lipinski definition) is 4. The van der Waals surface area contributed by atoms with Crippen molar-refractivity contribution < 1.29 is 19.5 Å². The van der Waals surface area contributed by atoms with E-state index >= 15 is 0 Å². The Morgan fingerprint density at radius 1 is 1.21 bits per heavy atom. The van der Waals surface area contributed by atoms with Gasteiger partial charge in [-0.2, -0.15) is 0 Å². The number of nitrogens with one attached hydrogen (secondary N) is 2. The fraction of sp³-hybridized carbons (Fsp3) is 0.750. The minimum Gasteiger partial charge on any atom is -0.480 e. The van der Waals surface area contributed by atoms with Crippen molar-refractivity contribution in [1.82, 2.24) is 10.6 Å². The molecule has 0 radical (unpaired) electrons. The topological polar surface area (TPSA) is 122 Å². The second-order valence-corrected chi connectivity index (χ2v) is 4.77. The van der Waals surface area contributed by atoms with Gasteiger partial charge in [-0.15, -0.1) is 0 Å². The van der Waals surface area contributed by atoms with Crippen molar-refractivity contribution >= 4 is 17.9 Å². The summed E-state index contributed by atoms with van der Waals surface area (Å²) in [5, 5.41) is 14.0. The second-order valence-electron chi connectivity index (χ2n) is 4.77. The van der Waals surface area contributed by atoms with Gasteiger partial charge < -0.3 is 21.5 Å². The number of carbonyl (C=O) groups is 3. The first-order valence-electron chi connectivity index (χ1n) is 6.36. The zero-order valence-corrected chi connectivity index (χ0v) is 11.6. The van der Waals surface area contributed by atoms with Gasteiger partial charge in [0.2, 0.25) is 5.91 Å². The Morgan fingerprint density at radius 2 is 1.79 bits per heavy atom. The summed E-state index contributed by atoms with van der Waals surface area (Å²) in [4.78, 5) is 33.2. The van der Waals surface area contributed by atoms with E-state index in [0.29, 0.717) is 0 Å². The molecule has 19 heavy (non-hydrogen) atoms. The highest BCUT2D eigenvalue weighted by Crippen LogP contribution is 2.05. The number of carboxylic acids is 1. The lowest BCUT2D eigenvalue weighted by Gasteiger charge is -2.22. The minimum absolute atomic E-state index is 0.0173.